The fraction of sp³-hybridized carbons (Fsp3) is 0.400. The second kappa shape index (κ2) is 12.7. The fourth-order valence-corrected chi connectivity index (χ4v) is 4.09. The standard InChI is InChI=1S/C20H27N4O7P/c1-3-30-32(28,31-4-2)13-11-21-18(25)14-24-12-10-17(22-19(24)26)23-20(27)29-15-16-8-6-5-7-9-16/h5-10,12H,3-4,11,13-15H2,1-2H3,(H,21,25)(H,22,23,26,27). The van der Waals surface area contributed by atoms with Crippen molar-refractivity contribution in [1.29, 1.82) is 0 Å². The highest BCUT2D eigenvalue weighted by molar-refractivity contribution is 7.53. The molecule has 2 aromatic rings. The van der Waals surface area contributed by atoms with Crippen LogP contribution >= 0.6 is 7.60 Å². The first kappa shape index (κ1) is 25.3. The van der Waals surface area contributed by atoms with Gasteiger partial charge < -0.3 is 19.1 Å². The number of rotatable bonds is 12. The monoisotopic (exact) mass is 466 g/mol. The maximum absolute atomic E-state index is 12.4. The lowest BCUT2D eigenvalue weighted by Gasteiger charge is -2.17. The van der Waals surface area contributed by atoms with E-state index in [4.69, 9.17) is 13.8 Å². The number of ether oxygens (including phenoxy) is 1. The number of amides is 2. The molecule has 12 heteroatoms. The van der Waals surface area contributed by atoms with Gasteiger partial charge in [0.1, 0.15) is 19.0 Å². The van der Waals surface area contributed by atoms with E-state index >= 15 is 0 Å². The Morgan fingerprint density at radius 3 is 2.41 bits per heavy atom. The van der Waals surface area contributed by atoms with Gasteiger partial charge in [-0.3, -0.25) is 19.2 Å². The van der Waals surface area contributed by atoms with Gasteiger partial charge in [-0.25, -0.2) is 9.59 Å². The van der Waals surface area contributed by atoms with Crippen molar-refractivity contribution in [3.8, 4) is 0 Å². The summed E-state index contributed by atoms with van der Waals surface area (Å²) in [4.78, 5) is 39.8. The normalized spacial score (nSPS) is 11.1. The van der Waals surface area contributed by atoms with E-state index in [0.29, 0.717) is 0 Å². The topological polar surface area (TPSA) is 138 Å². The van der Waals surface area contributed by atoms with Crippen molar-refractivity contribution >= 4 is 25.4 Å². The van der Waals surface area contributed by atoms with E-state index in [0.717, 1.165) is 10.1 Å². The zero-order chi connectivity index (χ0) is 23.4. The molecule has 2 amide bonds. The van der Waals surface area contributed by atoms with Crippen LogP contribution in [0.25, 0.3) is 0 Å². The van der Waals surface area contributed by atoms with Gasteiger partial charge in [-0.05, 0) is 25.5 Å². The van der Waals surface area contributed by atoms with Crippen molar-refractivity contribution < 1.29 is 27.9 Å². The summed E-state index contributed by atoms with van der Waals surface area (Å²) in [5, 5.41) is 4.92. The van der Waals surface area contributed by atoms with E-state index < -0.39 is 25.3 Å². The molecule has 1 aromatic carbocycles. The van der Waals surface area contributed by atoms with Gasteiger partial charge in [0, 0.05) is 12.7 Å². The number of benzene rings is 1. The molecule has 174 valence electrons. The van der Waals surface area contributed by atoms with Crippen LogP contribution < -0.4 is 16.3 Å². The summed E-state index contributed by atoms with van der Waals surface area (Å²) < 4.78 is 28.8. The highest BCUT2D eigenvalue weighted by Gasteiger charge is 2.23. The Hall–Kier alpha value is -3.01. The predicted molar refractivity (Wildman–Crippen MR) is 117 cm³/mol. The van der Waals surface area contributed by atoms with Crippen molar-refractivity contribution in [2.45, 2.75) is 27.0 Å². The molecule has 0 saturated heterocycles. The smallest absolute Gasteiger partial charge is 0.413 e. The Kier molecular flexibility index (Phi) is 10.1. The molecule has 2 rings (SSSR count). The molecule has 1 heterocycles. The van der Waals surface area contributed by atoms with E-state index in [2.05, 4.69) is 15.6 Å². The van der Waals surface area contributed by atoms with E-state index in [9.17, 15) is 18.9 Å². The summed E-state index contributed by atoms with van der Waals surface area (Å²) in [6.07, 6.45) is 0.582. The van der Waals surface area contributed by atoms with Crippen LogP contribution in [0.1, 0.15) is 19.4 Å². The van der Waals surface area contributed by atoms with E-state index in [1.807, 2.05) is 30.3 Å². The van der Waals surface area contributed by atoms with Gasteiger partial charge in [0.2, 0.25) is 5.91 Å². The molecule has 0 bridgehead atoms. The average molecular weight is 466 g/mol. The Morgan fingerprint density at radius 2 is 1.78 bits per heavy atom. The van der Waals surface area contributed by atoms with Crippen molar-refractivity contribution in [2.75, 3.05) is 31.2 Å². The largest absolute Gasteiger partial charge is 0.444 e. The Morgan fingerprint density at radius 1 is 1.09 bits per heavy atom. The molecule has 11 nitrogen and oxygen atoms in total. The molecular weight excluding hydrogens is 439 g/mol. The van der Waals surface area contributed by atoms with Gasteiger partial charge in [0.25, 0.3) is 0 Å². The van der Waals surface area contributed by atoms with Gasteiger partial charge in [-0.15, -0.1) is 0 Å². The number of aromatic nitrogens is 2. The van der Waals surface area contributed by atoms with Gasteiger partial charge in [0.05, 0.1) is 19.4 Å². The predicted octanol–water partition coefficient (Wildman–Crippen LogP) is 2.37. The summed E-state index contributed by atoms with van der Waals surface area (Å²) in [7, 11) is -3.26. The second-order valence-corrected chi connectivity index (χ2v) is 8.62. The maximum atomic E-state index is 12.4. The third-order valence-corrected chi connectivity index (χ3v) is 6.06. The van der Waals surface area contributed by atoms with Crippen LogP contribution in [0.4, 0.5) is 10.6 Å². The van der Waals surface area contributed by atoms with Gasteiger partial charge >= 0.3 is 19.4 Å². The second-order valence-electron chi connectivity index (χ2n) is 6.43. The molecule has 0 saturated carbocycles. The summed E-state index contributed by atoms with van der Waals surface area (Å²) >= 11 is 0. The van der Waals surface area contributed by atoms with Crippen molar-refractivity contribution in [3.05, 3.63) is 58.6 Å². The van der Waals surface area contributed by atoms with Crippen LogP contribution in [0.5, 0.6) is 0 Å². The number of nitrogens with zero attached hydrogens (tertiary/aromatic N) is 2. The number of carbonyl (C=O) groups is 2. The van der Waals surface area contributed by atoms with Gasteiger partial charge in [-0.2, -0.15) is 4.98 Å². The lowest BCUT2D eigenvalue weighted by Crippen LogP contribution is -2.34. The lowest BCUT2D eigenvalue weighted by molar-refractivity contribution is -0.121. The summed E-state index contributed by atoms with van der Waals surface area (Å²) in [6, 6.07) is 10.5. The number of nitrogens with one attached hydrogen (secondary N) is 2. The zero-order valence-corrected chi connectivity index (χ0v) is 18.9. The number of hydrogen-bond donors (Lipinski definition) is 2. The molecule has 32 heavy (non-hydrogen) atoms. The molecule has 0 radical (unpaired) electrons. The van der Waals surface area contributed by atoms with Crippen molar-refractivity contribution in [3.63, 3.8) is 0 Å². The molecule has 0 aliphatic rings. The van der Waals surface area contributed by atoms with Crippen LogP contribution in [-0.4, -0.2) is 47.5 Å². The van der Waals surface area contributed by atoms with Crippen molar-refractivity contribution in [2.24, 2.45) is 0 Å². The molecule has 1 aromatic heterocycles. The van der Waals surface area contributed by atoms with Crippen molar-refractivity contribution in [1.82, 2.24) is 14.9 Å². The fourth-order valence-electron chi connectivity index (χ4n) is 2.59. The first-order valence-electron chi connectivity index (χ1n) is 10.0. The highest BCUT2D eigenvalue weighted by atomic mass is 31.2. The SMILES string of the molecule is CCOP(=O)(CCNC(=O)Cn1ccc(NC(=O)OCc2ccccc2)nc1=O)OCC. The molecule has 0 aliphatic heterocycles. The van der Waals surface area contributed by atoms with Crippen LogP contribution in [0.15, 0.2) is 47.4 Å². The quantitative estimate of drug-likeness (QED) is 0.455. The van der Waals surface area contributed by atoms with E-state index in [1.165, 1.54) is 12.3 Å². The Balaban J connectivity index is 1.82. The molecule has 0 atom stereocenters. The van der Waals surface area contributed by atoms with Crippen LogP contribution in [0, 0.1) is 0 Å². The minimum absolute atomic E-state index is 0.000845. The van der Waals surface area contributed by atoms with E-state index in [-0.39, 0.29) is 44.9 Å². The lowest BCUT2D eigenvalue weighted by atomic mass is 10.2. The number of anilines is 1. The minimum Gasteiger partial charge on any atom is -0.444 e. The van der Waals surface area contributed by atoms with E-state index in [1.54, 1.807) is 13.8 Å². The Labute approximate surface area is 185 Å². The van der Waals surface area contributed by atoms with Crippen LogP contribution in [-0.2, 0) is 36.3 Å². The maximum Gasteiger partial charge on any atom is 0.413 e. The van der Waals surface area contributed by atoms with Gasteiger partial charge in [-0.1, -0.05) is 30.3 Å². The first-order chi connectivity index (χ1) is 15.3. The third kappa shape index (κ3) is 8.62. The Bertz CT molecular complexity index is 987. The third-order valence-electron chi connectivity index (χ3n) is 3.99. The van der Waals surface area contributed by atoms with Gasteiger partial charge in [0.15, 0.2) is 0 Å². The molecule has 0 spiro atoms. The molecule has 2 N–H and O–H groups in total. The molecule has 0 unspecified atom stereocenters. The van der Waals surface area contributed by atoms with Crippen LogP contribution in [0.2, 0.25) is 0 Å². The molecular formula is C20H27N4O7P. The summed E-state index contributed by atoms with van der Waals surface area (Å²) in [5.74, 6) is -0.476. The first-order valence-corrected chi connectivity index (χ1v) is 11.8. The number of carbonyl (C=O) groups excluding carboxylic acids is 2. The minimum atomic E-state index is -3.26. The average Bonchev–Trinajstić information content (AvgIpc) is 2.75. The zero-order valence-electron chi connectivity index (χ0n) is 18.0. The summed E-state index contributed by atoms with van der Waals surface area (Å²) in [6.45, 7) is 3.70. The van der Waals surface area contributed by atoms with Crippen LogP contribution in [0.3, 0.4) is 0 Å². The number of hydrogen-bond acceptors (Lipinski definition) is 8. The molecule has 0 fully saturated rings. The molecule has 0 aliphatic carbocycles. The highest BCUT2D eigenvalue weighted by Crippen LogP contribution is 2.47. The summed E-state index contributed by atoms with van der Waals surface area (Å²) in [5.41, 5.74) is 0.0891.